The summed E-state index contributed by atoms with van der Waals surface area (Å²) in [6.45, 7) is 9.07. The fourth-order valence-corrected chi connectivity index (χ4v) is 7.51. The number of ether oxygens (including phenoxy) is 1. The van der Waals surface area contributed by atoms with E-state index in [-0.39, 0.29) is 16.8 Å². The Morgan fingerprint density at radius 3 is 1.88 bits per heavy atom. The SMILES string of the molecule is COC(=O)c1ccc(C#Cc2c3nc(c(-c4ccccc4)c4ccc(cc5nc(c(-c6ccccc6)c6ccc2[nH]6)C(C)(C)C5)[nH]4)C(C)(C)C3)cc1. The number of fused-ring (bicyclic) bond motifs is 8. The fourth-order valence-electron chi connectivity index (χ4n) is 7.51. The molecular formula is C46H40N4O2. The molecule has 6 heteroatoms. The molecule has 0 unspecified atom stereocenters. The molecule has 0 amide bonds. The van der Waals surface area contributed by atoms with Crippen LogP contribution >= 0.6 is 0 Å². The highest BCUT2D eigenvalue weighted by Crippen LogP contribution is 2.42. The van der Waals surface area contributed by atoms with Crippen molar-refractivity contribution in [2.24, 2.45) is 0 Å². The lowest BCUT2D eigenvalue weighted by molar-refractivity contribution is 0.0600. The second-order valence-corrected chi connectivity index (χ2v) is 14.9. The van der Waals surface area contributed by atoms with Crippen molar-refractivity contribution in [3.8, 4) is 34.1 Å². The van der Waals surface area contributed by atoms with E-state index in [1.54, 1.807) is 12.1 Å². The molecule has 3 aromatic carbocycles. The Morgan fingerprint density at radius 1 is 0.654 bits per heavy atom. The van der Waals surface area contributed by atoms with E-state index < -0.39 is 0 Å². The molecule has 52 heavy (non-hydrogen) atoms. The average molecular weight is 681 g/mol. The summed E-state index contributed by atoms with van der Waals surface area (Å²) < 4.78 is 4.90. The van der Waals surface area contributed by atoms with E-state index in [4.69, 9.17) is 14.7 Å². The molecule has 0 aliphatic carbocycles. The number of hydrogen-bond donors (Lipinski definition) is 2. The van der Waals surface area contributed by atoms with E-state index in [2.05, 4.69) is 128 Å². The molecule has 2 N–H and O–H groups in total. The van der Waals surface area contributed by atoms with Crippen molar-refractivity contribution >= 4 is 28.0 Å². The van der Waals surface area contributed by atoms with Crippen LogP contribution in [0.4, 0.5) is 0 Å². The van der Waals surface area contributed by atoms with Crippen LogP contribution in [0.5, 0.6) is 0 Å². The zero-order valence-corrected chi connectivity index (χ0v) is 30.1. The lowest BCUT2D eigenvalue weighted by atomic mass is 9.82. The van der Waals surface area contributed by atoms with Crippen molar-refractivity contribution in [3.05, 3.63) is 155 Å². The third-order valence-corrected chi connectivity index (χ3v) is 10.1. The highest BCUT2D eigenvalue weighted by molar-refractivity contribution is 5.90. The maximum atomic E-state index is 12.1. The number of hydrogen-bond acceptors (Lipinski definition) is 4. The van der Waals surface area contributed by atoms with Gasteiger partial charge in [0, 0.05) is 62.6 Å². The number of nitrogens with zero attached hydrogens (tertiary/aromatic N) is 2. The Kier molecular flexibility index (Phi) is 8.15. The summed E-state index contributed by atoms with van der Waals surface area (Å²) in [6, 6.07) is 39.0. The number of methoxy groups -OCH3 is 1. The van der Waals surface area contributed by atoms with Gasteiger partial charge in [0.05, 0.1) is 40.8 Å². The maximum absolute atomic E-state index is 12.1. The van der Waals surface area contributed by atoms with Gasteiger partial charge in [0.15, 0.2) is 0 Å². The van der Waals surface area contributed by atoms with Crippen molar-refractivity contribution in [3.63, 3.8) is 0 Å². The molecule has 5 heterocycles. The second-order valence-electron chi connectivity index (χ2n) is 14.9. The Labute approximate surface area is 304 Å². The monoisotopic (exact) mass is 680 g/mol. The summed E-state index contributed by atoms with van der Waals surface area (Å²) in [5, 5.41) is 0. The third-order valence-electron chi connectivity index (χ3n) is 10.1. The van der Waals surface area contributed by atoms with E-state index in [1.807, 2.05) is 24.3 Å². The number of esters is 1. The Hall–Kier alpha value is -6.19. The summed E-state index contributed by atoms with van der Waals surface area (Å²) in [5.41, 5.74) is 13.8. The second kappa shape index (κ2) is 12.9. The van der Waals surface area contributed by atoms with Gasteiger partial charge >= 0.3 is 5.97 Å². The molecule has 8 bridgehead atoms. The van der Waals surface area contributed by atoms with Crippen LogP contribution < -0.4 is 0 Å². The summed E-state index contributed by atoms with van der Waals surface area (Å²) >= 11 is 0. The number of nitrogens with one attached hydrogen (secondary N) is 2. The molecule has 0 atom stereocenters. The van der Waals surface area contributed by atoms with Crippen LogP contribution in [0.3, 0.4) is 0 Å². The molecule has 2 aliphatic rings. The molecule has 256 valence electrons. The van der Waals surface area contributed by atoms with Crippen molar-refractivity contribution in [2.45, 2.75) is 51.4 Å². The summed E-state index contributed by atoms with van der Waals surface area (Å²) in [5.74, 6) is 6.54. The molecule has 0 radical (unpaired) electrons. The molecule has 0 spiro atoms. The quantitative estimate of drug-likeness (QED) is 0.144. The predicted octanol–water partition coefficient (Wildman–Crippen LogP) is 9.88. The zero-order chi connectivity index (χ0) is 36.0. The van der Waals surface area contributed by atoms with Gasteiger partial charge in [0.2, 0.25) is 0 Å². The van der Waals surface area contributed by atoms with Gasteiger partial charge in [-0.15, -0.1) is 0 Å². The number of aromatic amines is 2. The third kappa shape index (κ3) is 6.09. The van der Waals surface area contributed by atoms with Crippen LogP contribution in [0, 0.1) is 11.8 Å². The highest BCUT2D eigenvalue weighted by atomic mass is 16.5. The zero-order valence-electron chi connectivity index (χ0n) is 30.1. The van der Waals surface area contributed by atoms with Crippen LogP contribution in [-0.4, -0.2) is 33.0 Å². The largest absolute Gasteiger partial charge is 0.465 e. The van der Waals surface area contributed by atoms with E-state index in [1.165, 1.54) is 7.11 Å². The number of H-pyrrole nitrogens is 2. The number of aromatic nitrogens is 4. The summed E-state index contributed by atoms with van der Waals surface area (Å²) in [4.78, 5) is 30.5. The van der Waals surface area contributed by atoms with E-state index in [9.17, 15) is 4.79 Å². The Bertz CT molecular complexity index is 2530. The van der Waals surface area contributed by atoms with Crippen molar-refractivity contribution in [2.75, 3.05) is 7.11 Å². The molecule has 3 aromatic heterocycles. The van der Waals surface area contributed by atoms with Crippen LogP contribution in [0.1, 0.15) is 72.0 Å². The van der Waals surface area contributed by atoms with Crippen LogP contribution in [-0.2, 0) is 28.4 Å². The standard InChI is InChI=1S/C46H40N4O2/c1-45(2)27-34-26-33-21-23-37(47-33)40(30-12-8-6-9-13-30)43-46(3,4)28-39(50-43)35(22-18-29-16-19-32(20-17-29)44(51)52-5)36-24-25-38(49-36)41(42(45)48-34)31-14-10-7-11-15-31/h6-17,19-21,23-26,47,49H,27-28H2,1-5H3. The lowest BCUT2D eigenvalue weighted by Crippen LogP contribution is -2.17. The topological polar surface area (TPSA) is 83.7 Å². The number of carbonyl (C=O) groups excluding carboxylic acids is 1. The maximum Gasteiger partial charge on any atom is 0.337 e. The summed E-state index contributed by atoms with van der Waals surface area (Å²) in [7, 11) is 1.38. The first-order chi connectivity index (χ1) is 25.1. The van der Waals surface area contributed by atoms with E-state index in [0.717, 1.165) is 84.6 Å². The van der Waals surface area contributed by atoms with Crippen LogP contribution in [0.15, 0.2) is 115 Å². The van der Waals surface area contributed by atoms with Gasteiger partial charge in [-0.1, -0.05) is 100 Å². The van der Waals surface area contributed by atoms with Crippen LogP contribution in [0.25, 0.3) is 44.3 Å². The highest BCUT2D eigenvalue weighted by Gasteiger charge is 2.34. The Balaban J connectivity index is 1.50. The first kappa shape index (κ1) is 33.0. The van der Waals surface area contributed by atoms with Gasteiger partial charge in [-0.05, 0) is 65.7 Å². The summed E-state index contributed by atoms with van der Waals surface area (Å²) in [6.07, 6.45) is 1.51. The number of benzene rings is 3. The van der Waals surface area contributed by atoms with Crippen molar-refractivity contribution in [1.29, 1.82) is 0 Å². The molecule has 6 aromatic rings. The van der Waals surface area contributed by atoms with Gasteiger partial charge in [-0.25, -0.2) is 4.79 Å². The first-order valence-corrected chi connectivity index (χ1v) is 17.7. The minimum Gasteiger partial charge on any atom is -0.465 e. The molecule has 8 rings (SSSR count). The smallest absolute Gasteiger partial charge is 0.337 e. The van der Waals surface area contributed by atoms with Gasteiger partial charge in [0.1, 0.15) is 0 Å². The predicted molar refractivity (Wildman–Crippen MR) is 209 cm³/mol. The van der Waals surface area contributed by atoms with Crippen LogP contribution in [0.2, 0.25) is 0 Å². The Morgan fingerprint density at radius 2 is 1.23 bits per heavy atom. The average Bonchev–Trinajstić information content (AvgIpc) is 3.93. The minimum absolute atomic E-state index is 0.210. The molecule has 2 aliphatic heterocycles. The molecule has 6 nitrogen and oxygen atoms in total. The van der Waals surface area contributed by atoms with Crippen molar-refractivity contribution in [1.82, 2.24) is 19.9 Å². The fraction of sp³-hybridized carbons (Fsp3) is 0.196. The normalized spacial score (nSPS) is 14.3. The number of rotatable bonds is 3. The molecular weight excluding hydrogens is 641 g/mol. The number of carbonyl (C=O) groups is 1. The van der Waals surface area contributed by atoms with Gasteiger partial charge in [0.25, 0.3) is 0 Å². The first-order valence-electron chi connectivity index (χ1n) is 17.7. The van der Waals surface area contributed by atoms with Gasteiger partial charge in [-0.3, -0.25) is 9.97 Å². The molecule has 0 saturated heterocycles. The van der Waals surface area contributed by atoms with Gasteiger partial charge in [-0.2, -0.15) is 0 Å². The van der Waals surface area contributed by atoms with Gasteiger partial charge < -0.3 is 14.7 Å². The van der Waals surface area contributed by atoms with Crippen molar-refractivity contribution < 1.29 is 9.53 Å². The molecule has 0 fully saturated rings. The minimum atomic E-state index is -0.376. The molecule has 0 saturated carbocycles. The van der Waals surface area contributed by atoms with E-state index in [0.29, 0.717) is 12.0 Å². The lowest BCUT2D eigenvalue weighted by Gasteiger charge is -2.20. The van der Waals surface area contributed by atoms with E-state index >= 15 is 0 Å².